The highest BCUT2D eigenvalue weighted by Crippen LogP contribution is 2.39. The summed E-state index contributed by atoms with van der Waals surface area (Å²) in [6, 6.07) is 7.11. The number of hydrogen-bond donors (Lipinski definition) is 1. The average Bonchev–Trinajstić information content (AvgIpc) is 3.51. The van der Waals surface area contributed by atoms with Gasteiger partial charge >= 0.3 is 0 Å². The first kappa shape index (κ1) is 21.0. The largest absolute Gasteiger partial charge is 0.484 e. The number of primary amides is 1. The lowest BCUT2D eigenvalue weighted by Crippen LogP contribution is -2.51. The van der Waals surface area contributed by atoms with Crippen molar-refractivity contribution in [1.29, 1.82) is 0 Å². The van der Waals surface area contributed by atoms with E-state index in [4.69, 9.17) is 22.1 Å². The van der Waals surface area contributed by atoms with Crippen LogP contribution in [0.4, 0.5) is 0 Å². The summed E-state index contributed by atoms with van der Waals surface area (Å²) in [5, 5.41) is 9.80. The number of aromatic nitrogens is 3. The summed E-state index contributed by atoms with van der Waals surface area (Å²) in [6.45, 7) is 0.816. The third-order valence-electron chi connectivity index (χ3n) is 5.32. The summed E-state index contributed by atoms with van der Waals surface area (Å²) >= 11 is 7.50. The van der Waals surface area contributed by atoms with E-state index in [1.165, 1.54) is 11.8 Å². The van der Waals surface area contributed by atoms with Gasteiger partial charge in [0.2, 0.25) is 11.8 Å². The number of halogens is 1. The molecule has 1 aliphatic carbocycles. The minimum Gasteiger partial charge on any atom is -0.484 e. The molecule has 1 saturated carbocycles. The number of nitrogens with zero attached hydrogens (tertiary/aromatic N) is 4. The fourth-order valence-electron chi connectivity index (χ4n) is 3.64. The summed E-state index contributed by atoms with van der Waals surface area (Å²) in [4.78, 5) is 26.0. The minimum atomic E-state index is -0.507. The van der Waals surface area contributed by atoms with Gasteiger partial charge in [0.05, 0.1) is 10.8 Å². The van der Waals surface area contributed by atoms with Gasteiger partial charge in [-0.15, -0.1) is 10.2 Å². The zero-order chi connectivity index (χ0) is 21.1. The Bertz CT molecular complexity index is 933. The number of carbonyl (C=O) groups excluding carboxylic acids is 2. The number of para-hydroxylation sites is 1. The minimum absolute atomic E-state index is 0.0947. The fourth-order valence-corrected chi connectivity index (χ4v) is 4.74. The van der Waals surface area contributed by atoms with Crippen molar-refractivity contribution in [3.05, 3.63) is 35.1 Å². The number of nitrogens with two attached hydrogens (primary N) is 1. The maximum absolute atomic E-state index is 12.7. The van der Waals surface area contributed by atoms with Crippen molar-refractivity contribution >= 4 is 35.2 Å². The topological polar surface area (TPSA) is 103 Å². The molecule has 30 heavy (non-hydrogen) atoms. The standard InChI is InChI=1S/C20H24ClN5O3S/c21-14-5-1-2-7-16(14)29-11-17-23-24-20(26(17)13-8-9-13)30-12-18(27)25-10-4-3-6-15(25)19(22)28/h1-2,5,7,13,15H,3-4,6,8-12H2,(H2,22,28)/t15-/m1/s1. The maximum Gasteiger partial charge on any atom is 0.240 e. The summed E-state index contributed by atoms with van der Waals surface area (Å²) in [7, 11) is 0. The zero-order valence-electron chi connectivity index (χ0n) is 16.5. The van der Waals surface area contributed by atoms with Crippen LogP contribution in [-0.4, -0.2) is 49.8 Å². The van der Waals surface area contributed by atoms with Crippen LogP contribution in [0.25, 0.3) is 0 Å². The average molecular weight is 450 g/mol. The molecule has 0 spiro atoms. The second kappa shape index (κ2) is 9.26. The van der Waals surface area contributed by atoms with Crippen molar-refractivity contribution in [3.63, 3.8) is 0 Å². The number of thioether (sulfide) groups is 1. The van der Waals surface area contributed by atoms with Gasteiger partial charge in [0, 0.05) is 12.6 Å². The van der Waals surface area contributed by atoms with Crippen LogP contribution in [0.3, 0.4) is 0 Å². The molecule has 1 aromatic heterocycles. The lowest BCUT2D eigenvalue weighted by molar-refractivity contribution is -0.138. The highest BCUT2D eigenvalue weighted by Gasteiger charge is 2.33. The molecule has 1 aromatic carbocycles. The Morgan fingerprint density at radius 2 is 2.00 bits per heavy atom. The molecule has 2 aliphatic rings. The predicted octanol–water partition coefficient (Wildman–Crippen LogP) is 2.80. The van der Waals surface area contributed by atoms with Crippen LogP contribution in [-0.2, 0) is 16.2 Å². The van der Waals surface area contributed by atoms with Gasteiger partial charge in [0.15, 0.2) is 11.0 Å². The molecule has 1 saturated heterocycles. The molecule has 1 aliphatic heterocycles. The molecular formula is C20H24ClN5O3S. The van der Waals surface area contributed by atoms with E-state index in [1.54, 1.807) is 11.0 Å². The van der Waals surface area contributed by atoms with Crippen LogP contribution in [0.15, 0.2) is 29.4 Å². The highest BCUT2D eigenvalue weighted by molar-refractivity contribution is 7.99. The summed E-state index contributed by atoms with van der Waals surface area (Å²) in [5.74, 6) is 0.966. The molecule has 2 N–H and O–H groups in total. The molecule has 8 nitrogen and oxygen atoms in total. The van der Waals surface area contributed by atoms with Crippen LogP contribution in [0.1, 0.15) is 44.0 Å². The number of hydrogen-bond acceptors (Lipinski definition) is 6. The summed E-state index contributed by atoms with van der Waals surface area (Å²) in [5.41, 5.74) is 5.48. The van der Waals surface area contributed by atoms with Crippen LogP contribution in [0.5, 0.6) is 5.75 Å². The molecule has 2 heterocycles. The van der Waals surface area contributed by atoms with Gasteiger partial charge in [-0.2, -0.15) is 0 Å². The number of benzene rings is 1. The molecule has 2 fully saturated rings. The lowest BCUT2D eigenvalue weighted by atomic mass is 10.0. The van der Waals surface area contributed by atoms with Crippen molar-refractivity contribution < 1.29 is 14.3 Å². The van der Waals surface area contributed by atoms with Gasteiger partial charge in [-0.1, -0.05) is 35.5 Å². The first-order chi connectivity index (χ1) is 14.5. The lowest BCUT2D eigenvalue weighted by Gasteiger charge is -2.33. The molecule has 1 atom stereocenters. The van der Waals surface area contributed by atoms with E-state index in [9.17, 15) is 9.59 Å². The van der Waals surface area contributed by atoms with Crippen LogP contribution >= 0.6 is 23.4 Å². The normalized spacial score (nSPS) is 19.0. The first-order valence-corrected chi connectivity index (χ1v) is 11.4. The zero-order valence-corrected chi connectivity index (χ0v) is 18.1. The van der Waals surface area contributed by atoms with Crippen LogP contribution in [0, 0.1) is 0 Å². The molecule has 0 radical (unpaired) electrons. The summed E-state index contributed by atoms with van der Waals surface area (Å²) in [6.07, 6.45) is 4.54. The highest BCUT2D eigenvalue weighted by atomic mass is 35.5. The third-order valence-corrected chi connectivity index (χ3v) is 6.56. The van der Waals surface area contributed by atoms with Crippen molar-refractivity contribution in [3.8, 4) is 5.75 Å². The summed E-state index contributed by atoms with van der Waals surface area (Å²) < 4.78 is 7.88. The number of ether oxygens (including phenoxy) is 1. The van der Waals surface area contributed by atoms with Gasteiger partial charge in [-0.05, 0) is 44.2 Å². The Balaban J connectivity index is 1.41. The Hall–Kier alpha value is -2.26. The SMILES string of the molecule is NC(=O)[C@H]1CCCCN1C(=O)CSc1nnc(COc2ccccc2Cl)n1C1CC1. The molecule has 0 bridgehead atoms. The van der Waals surface area contributed by atoms with E-state index in [2.05, 4.69) is 14.8 Å². The van der Waals surface area contributed by atoms with Crippen molar-refractivity contribution in [2.24, 2.45) is 5.73 Å². The third kappa shape index (κ3) is 4.73. The van der Waals surface area contributed by atoms with E-state index in [0.29, 0.717) is 40.8 Å². The number of carbonyl (C=O) groups is 2. The molecule has 2 amide bonds. The van der Waals surface area contributed by atoms with Gasteiger partial charge in [0.25, 0.3) is 0 Å². The van der Waals surface area contributed by atoms with Crippen LogP contribution < -0.4 is 10.5 Å². The van der Waals surface area contributed by atoms with Crippen molar-refractivity contribution in [1.82, 2.24) is 19.7 Å². The quantitative estimate of drug-likeness (QED) is 0.621. The van der Waals surface area contributed by atoms with Gasteiger partial charge < -0.3 is 15.4 Å². The van der Waals surface area contributed by atoms with Gasteiger partial charge in [-0.25, -0.2) is 0 Å². The second-order valence-electron chi connectivity index (χ2n) is 7.51. The van der Waals surface area contributed by atoms with E-state index < -0.39 is 11.9 Å². The number of rotatable bonds is 8. The fraction of sp³-hybridized carbons (Fsp3) is 0.500. The van der Waals surface area contributed by atoms with E-state index in [1.807, 2.05) is 18.2 Å². The number of amides is 2. The Kier molecular flexibility index (Phi) is 6.48. The van der Waals surface area contributed by atoms with E-state index in [0.717, 1.165) is 25.7 Å². The predicted molar refractivity (Wildman–Crippen MR) is 113 cm³/mol. The number of likely N-dealkylation sites (tertiary alicyclic amines) is 1. The Morgan fingerprint density at radius 1 is 1.20 bits per heavy atom. The maximum atomic E-state index is 12.7. The molecule has 10 heteroatoms. The Labute approximate surface area is 184 Å². The molecule has 160 valence electrons. The van der Waals surface area contributed by atoms with Gasteiger partial charge in [0.1, 0.15) is 18.4 Å². The first-order valence-electron chi connectivity index (χ1n) is 10.1. The molecule has 2 aromatic rings. The molecular weight excluding hydrogens is 426 g/mol. The molecule has 4 rings (SSSR count). The molecule has 0 unspecified atom stereocenters. The second-order valence-corrected chi connectivity index (χ2v) is 8.86. The smallest absolute Gasteiger partial charge is 0.240 e. The van der Waals surface area contributed by atoms with Crippen LogP contribution in [0.2, 0.25) is 5.02 Å². The monoisotopic (exact) mass is 449 g/mol. The van der Waals surface area contributed by atoms with Crippen molar-refractivity contribution in [2.75, 3.05) is 12.3 Å². The van der Waals surface area contributed by atoms with E-state index >= 15 is 0 Å². The number of piperidine rings is 1. The Morgan fingerprint density at radius 3 is 2.73 bits per heavy atom. The van der Waals surface area contributed by atoms with Crippen molar-refractivity contribution in [2.45, 2.75) is 56.0 Å². The van der Waals surface area contributed by atoms with Gasteiger partial charge in [-0.3, -0.25) is 14.2 Å². The van der Waals surface area contributed by atoms with E-state index in [-0.39, 0.29) is 18.3 Å².